The van der Waals surface area contributed by atoms with E-state index in [-0.39, 0.29) is 5.69 Å². The van der Waals surface area contributed by atoms with E-state index >= 15 is 0 Å². The van der Waals surface area contributed by atoms with Crippen molar-refractivity contribution in [1.82, 2.24) is 9.97 Å². The fourth-order valence-electron chi connectivity index (χ4n) is 4.03. The van der Waals surface area contributed by atoms with Gasteiger partial charge in [0.2, 0.25) is 5.60 Å². The number of aliphatic hydroxyl groups is 4. The highest BCUT2D eigenvalue weighted by atomic mass is 16.7. The van der Waals surface area contributed by atoms with E-state index in [0.29, 0.717) is 11.5 Å². The molecule has 4 rings (SSSR count). The van der Waals surface area contributed by atoms with Crippen molar-refractivity contribution in [1.29, 1.82) is 0 Å². The van der Waals surface area contributed by atoms with Gasteiger partial charge in [0.25, 0.3) is 0 Å². The third kappa shape index (κ3) is 5.07. The van der Waals surface area contributed by atoms with Gasteiger partial charge in [-0.1, -0.05) is 96.2 Å². The average Bonchev–Trinajstić information content (AvgIpc) is 3.44. The number of rotatable bonds is 10. The first-order valence-electron chi connectivity index (χ1n) is 11.6. The van der Waals surface area contributed by atoms with Gasteiger partial charge in [-0.05, 0) is 6.92 Å². The van der Waals surface area contributed by atoms with Gasteiger partial charge in [-0.25, -0.2) is 4.98 Å². The monoisotopic (exact) mass is 487 g/mol. The summed E-state index contributed by atoms with van der Waals surface area (Å²) >= 11 is 0. The minimum absolute atomic E-state index is 0.167. The average molecular weight is 488 g/mol. The number of nitrogens with one attached hydrogen (secondary N) is 1. The zero-order valence-corrected chi connectivity index (χ0v) is 19.8. The largest absolute Gasteiger partial charge is 0.394 e. The molecule has 0 unspecified atom stereocenters. The Morgan fingerprint density at radius 2 is 1.33 bits per heavy atom. The number of aliphatic hydroxyl groups excluding tert-OH is 4. The molecule has 8 nitrogen and oxygen atoms in total. The summed E-state index contributed by atoms with van der Waals surface area (Å²) in [5, 5.41) is 43.5. The first-order valence-corrected chi connectivity index (χ1v) is 11.6. The van der Waals surface area contributed by atoms with Crippen molar-refractivity contribution in [2.24, 2.45) is 5.16 Å². The van der Waals surface area contributed by atoms with Gasteiger partial charge >= 0.3 is 0 Å². The summed E-state index contributed by atoms with van der Waals surface area (Å²) < 4.78 is 0. The summed E-state index contributed by atoms with van der Waals surface area (Å²) in [6, 6.07) is 29.4. The first kappa shape index (κ1) is 25.3. The number of nitrogens with zero attached hydrogens (tertiary/aromatic N) is 2. The second kappa shape index (κ2) is 11.3. The van der Waals surface area contributed by atoms with E-state index < -0.39 is 30.5 Å². The molecule has 3 atom stereocenters. The molecule has 0 aliphatic carbocycles. The molecule has 0 saturated heterocycles. The van der Waals surface area contributed by atoms with Gasteiger partial charge < -0.3 is 30.2 Å². The van der Waals surface area contributed by atoms with Crippen molar-refractivity contribution in [2.75, 3.05) is 6.61 Å². The molecule has 3 aromatic carbocycles. The van der Waals surface area contributed by atoms with Crippen LogP contribution >= 0.6 is 0 Å². The van der Waals surface area contributed by atoms with E-state index in [9.17, 15) is 15.3 Å². The maximum absolute atomic E-state index is 10.3. The predicted molar refractivity (Wildman–Crippen MR) is 135 cm³/mol. The molecule has 0 saturated carbocycles. The Morgan fingerprint density at radius 1 is 0.861 bits per heavy atom. The van der Waals surface area contributed by atoms with Crippen LogP contribution in [0.15, 0.2) is 102 Å². The third-order valence-electron chi connectivity index (χ3n) is 6.02. The molecule has 0 fully saturated rings. The van der Waals surface area contributed by atoms with E-state index in [1.165, 1.54) is 6.20 Å². The molecule has 0 spiro atoms. The highest BCUT2D eigenvalue weighted by Gasteiger charge is 2.39. The molecule has 8 heteroatoms. The Balaban J connectivity index is 1.74. The molecule has 0 aliphatic rings. The Labute approximate surface area is 209 Å². The second-order valence-electron chi connectivity index (χ2n) is 8.42. The molecular weight excluding hydrogens is 458 g/mol. The van der Waals surface area contributed by atoms with Crippen molar-refractivity contribution < 1.29 is 25.3 Å². The van der Waals surface area contributed by atoms with Crippen molar-refractivity contribution in [2.45, 2.75) is 30.8 Å². The standard InChI is InChI=1S/C28H29N3O5/c1-19(27-29-17-23(30-27)25(34)26(35)24(33)18-32)31-36-28(20-11-5-2-6-12-20,21-13-7-3-8-14-21)22-15-9-4-10-16-22/h2-17,24-26,32-35H,18H2,1H3,(H,29,30)/t24-,25-,26-/m1/s1. The van der Waals surface area contributed by atoms with Crippen LogP contribution in [-0.4, -0.2) is 54.9 Å². The van der Waals surface area contributed by atoms with Gasteiger partial charge in [0.1, 0.15) is 24.0 Å². The SMILES string of the molecule is CC(=NOC(c1ccccc1)(c1ccccc1)c1ccccc1)c1ncc([C@@H](O)[C@H](O)[C@H](O)CO)[nH]1. The Bertz CT molecular complexity index is 1170. The fourth-order valence-corrected chi connectivity index (χ4v) is 4.03. The highest BCUT2D eigenvalue weighted by molar-refractivity contribution is 5.95. The normalized spacial score (nSPS) is 14.8. The Hall–Kier alpha value is -3.82. The van der Waals surface area contributed by atoms with E-state index in [0.717, 1.165) is 16.7 Å². The predicted octanol–water partition coefficient (Wildman–Crippen LogP) is 2.89. The molecule has 186 valence electrons. The molecular formula is C28H29N3O5. The molecule has 0 amide bonds. The number of hydrogen-bond donors (Lipinski definition) is 5. The number of H-pyrrole nitrogens is 1. The molecule has 36 heavy (non-hydrogen) atoms. The lowest BCUT2D eigenvalue weighted by molar-refractivity contribution is -0.0788. The van der Waals surface area contributed by atoms with Crippen LogP contribution in [0.25, 0.3) is 0 Å². The smallest absolute Gasteiger partial charge is 0.212 e. The van der Waals surface area contributed by atoms with Crippen LogP contribution in [0.3, 0.4) is 0 Å². The molecule has 1 heterocycles. The molecule has 5 N–H and O–H groups in total. The lowest BCUT2D eigenvalue weighted by Gasteiger charge is -2.33. The zero-order chi connectivity index (χ0) is 25.5. The summed E-state index contributed by atoms with van der Waals surface area (Å²) in [5.41, 5.74) is 2.17. The maximum atomic E-state index is 10.3. The van der Waals surface area contributed by atoms with Crippen LogP contribution < -0.4 is 0 Å². The minimum Gasteiger partial charge on any atom is -0.394 e. The fraction of sp³-hybridized carbons (Fsp3) is 0.214. The van der Waals surface area contributed by atoms with Crippen LogP contribution in [0.2, 0.25) is 0 Å². The van der Waals surface area contributed by atoms with Crippen molar-refractivity contribution in [3.05, 3.63) is 125 Å². The number of hydrogen-bond acceptors (Lipinski definition) is 7. The summed E-state index contributed by atoms with van der Waals surface area (Å²) in [6.45, 7) is 1.02. The second-order valence-corrected chi connectivity index (χ2v) is 8.42. The summed E-state index contributed by atoms with van der Waals surface area (Å²) in [6.07, 6.45) is -3.21. The number of benzene rings is 3. The van der Waals surface area contributed by atoms with Gasteiger partial charge in [-0.2, -0.15) is 0 Å². The van der Waals surface area contributed by atoms with Gasteiger partial charge in [0.15, 0.2) is 5.82 Å². The lowest BCUT2D eigenvalue weighted by Crippen LogP contribution is -2.34. The summed E-state index contributed by atoms with van der Waals surface area (Å²) in [7, 11) is 0. The molecule has 0 aliphatic heterocycles. The number of aromatic amines is 1. The van der Waals surface area contributed by atoms with E-state index in [2.05, 4.69) is 15.1 Å². The van der Waals surface area contributed by atoms with E-state index in [1.807, 2.05) is 91.0 Å². The van der Waals surface area contributed by atoms with Gasteiger partial charge in [-0.15, -0.1) is 0 Å². The molecule has 4 aromatic rings. The van der Waals surface area contributed by atoms with Crippen molar-refractivity contribution in [3.63, 3.8) is 0 Å². The molecule has 0 radical (unpaired) electrons. The van der Waals surface area contributed by atoms with Crippen LogP contribution in [0, 0.1) is 0 Å². The molecule has 0 bridgehead atoms. The van der Waals surface area contributed by atoms with Crippen molar-refractivity contribution >= 4 is 5.71 Å². The highest BCUT2D eigenvalue weighted by Crippen LogP contribution is 2.40. The van der Waals surface area contributed by atoms with Crippen LogP contribution in [-0.2, 0) is 10.4 Å². The Morgan fingerprint density at radius 3 is 1.78 bits per heavy atom. The van der Waals surface area contributed by atoms with Gasteiger partial charge in [0.05, 0.1) is 18.5 Å². The van der Waals surface area contributed by atoms with Gasteiger partial charge in [0, 0.05) is 16.7 Å². The third-order valence-corrected chi connectivity index (χ3v) is 6.02. The molecule has 1 aromatic heterocycles. The summed E-state index contributed by atoms with van der Waals surface area (Å²) in [5.74, 6) is 0.317. The number of aromatic nitrogens is 2. The minimum atomic E-state index is -1.58. The Kier molecular flexibility index (Phi) is 7.92. The number of oxime groups is 1. The lowest BCUT2D eigenvalue weighted by atomic mass is 9.80. The van der Waals surface area contributed by atoms with Crippen LogP contribution in [0.4, 0.5) is 0 Å². The zero-order valence-electron chi connectivity index (χ0n) is 19.8. The van der Waals surface area contributed by atoms with Crippen LogP contribution in [0.5, 0.6) is 0 Å². The van der Waals surface area contributed by atoms with Gasteiger partial charge in [-0.3, -0.25) is 0 Å². The quantitative estimate of drug-likeness (QED) is 0.133. The topological polar surface area (TPSA) is 131 Å². The van der Waals surface area contributed by atoms with Crippen molar-refractivity contribution in [3.8, 4) is 0 Å². The number of imidazole rings is 1. The van der Waals surface area contributed by atoms with Crippen LogP contribution in [0.1, 0.15) is 41.2 Å². The maximum Gasteiger partial charge on any atom is 0.212 e. The first-order chi connectivity index (χ1) is 17.5. The van der Waals surface area contributed by atoms with E-state index in [4.69, 9.17) is 9.94 Å². The summed E-state index contributed by atoms with van der Waals surface area (Å²) in [4.78, 5) is 13.6. The van der Waals surface area contributed by atoms with E-state index in [1.54, 1.807) is 6.92 Å².